The Bertz CT molecular complexity index is 162. The van der Waals surface area contributed by atoms with E-state index >= 15 is 0 Å². The van der Waals surface area contributed by atoms with Gasteiger partial charge in [-0.15, -0.1) is 0 Å². The SMILES string of the molecule is CCC(=O)CCCCCC1OCCO1. The largest absolute Gasteiger partial charge is 0.350 e. The Morgan fingerprint density at radius 3 is 2.57 bits per heavy atom. The summed E-state index contributed by atoms with van der Waals surface area (Å²) in [4.78, 5) is 11.0. The fraction of sp³-hybridized carbons (Fsp3) is 0.909. The van der Waals surface area contributed by atoms with Crippen molar-refractivity contribution in [2.24, 2.45) is 0 Å². The third kappa shape index (κ3) is 4.72. The molecule has 0 bridgehead atoms. The van der Waals surface area contributed by atoms with Crippen LogP contribution in [0.15, 0.2) is 0 Å². The van der Waals surface area contributed by atoms with Crippen LogP contribution in [0.1, 0.15) is 45.4 Å². The molecule has 0 saturated carbocycles. The van der Waals surface area contributed by atoms with Gasteiger partial charge in [-0.2, -0.15) is 0 Å². The maximum atomic E-state index is 11.0. The topological polar surface area (TPSA) is 35.5 Å². The highest BCUT2D eigenvalue weighted by molar-refractivity contribution is 5.77. The zero-order valence-electron chi connectivity index (χ0n) is 8.96. The number of ketones is 1. The molecule has 1 aliphatic heterocycles. The van der Waals surface area contributed by atoms with Gasteiger partial charge in [0.2, 0.25) is 0 Å². The van der Waals surface area contributed by atoms with Crippen molar-refractivity contribution < 1.29 is 14.3 Å². The average Bonchev–Trinajstić information content (AvgIpc) is 2.69. The Balaban J connectivity index is 1.86. The van der Waals surface area contributed by atoms with Gasteiger partial charge in [-0.3, -0.25) is 4.79 Å². The van der Waals surface area contributed by atoms with Gasteiger partial charge in [0.1, 0.15) is 5.78 Å². The van der Waals surface area contributed by atoms with Gasteiger partial charge in [-0.25, -0.2) is 0 Å². The second-order valence-corrected chi connectivity index (χ2v) is 3.66. The zero-order chi connectivity index (χ0) is 10.2. The van der Waals surface area contributed by atoms with E-state index in [-0.39, 0.29) is 6.29 Å². The standard InChI is InChI=1S/C11H20O3/c1-2-10(12)6-4-3-5-7-11-13-8-9-14-11/h11H,2-9H2,1H3. The lowest BCUT2D eigenvalue weighted by Gasteiger charge is -2.07. The number of hydrogen-bond acceptors (Lipinski definition) is 3. The van der Waals surface area contributed by atoms with Crippen LogP contribution in [0, 0.1) is 0 Å². The summed E-state index contributed by atoms with van der Waals surface area (Å²) in [5.41, 5.74) is 0. The second kappa shape index (κ2) is 6.96. The fourth-order valence-corrected chi connectivity index (χ4v) is 1.56. The van der Waals surface area contributed by atoms with Gasteiger partial charge < -0.3 is 9.47 Å². The minimum Gasteiger partial charge on any atom is -0.350 e. The first-order chi connectivity index (χ1) is 6.83. The first-order valence-corrected chi connectivity index (χ1v) is 5.58. The maximum Gasteiger partial charge on any atom is 0.157 e. The van der Waals surface area contributed by atoms with Crippen molar-refractivity contribution in [2.45, 2.75) is 51.7 Å². The molecule has 3 nitrogen and oxygen atoms in total. The van der Waals surface area contributed by atoms with Gasteiger partial charge in [0.05, 0.1) is 13.2 Å². The quantitative estimate of drug-likeness (QED) is 0.591. The molecule has 1 rings (SSSR count). The van der Waals surface area contributed by atoms with E-state index in [1.165, 1.54) is 0 Å². The van der Waals surface area contributed by atoms with Crippen LogP contribution in [0.2, 0.25) is 0 Å². The summed E-state index contributed by atoms with van der Waals surface area (Å²) in [6.07, 6.45) is 5.63. The summed E-state index contributed by atoms with van der Waals surface area (Å²) in [6.45, 7) is 3.39. The van der Waals surface area contributed by atoms with E-state index in [1.807, 2.05) is 6.92 Å². The van der Waals surface area contributed by atoms with Crippen LogP contribution in [0.25, 0.3) is 0 Å². The molecule has 1 heterocycles. The van der Waals surface area contributed by atoms with E-state index < -0.39 is 0 Å². The first kappa shape index (κ1) is 11.7. The van der Waals surface area contributed by atoms with Crippen molar-refractivity contribution in [3.8, 4) is 0 Å². The number of carbonyl (C=O) groups excluding carboxylic acids is 1. The van der Waals surface area contributed by atoms with E-state index in [2.05, 4.69) is 0 Å². The van der Waals surface area contributed by atoms with Crippen molar-refractivity contribution in [3.05, 3.63) is 0 Å². The average molecular weight is 200 g/mol. The second-order valence-electron chi connectivity index (χ2n) is 3.66. The van der Waals surface area contributed by atoms with E-state index in [4.69, 9.17) is 9.47 Å². The molecule has 1 aliphatic rings. The highest BCUT2D eigenvalue weighted by Crippen LogP contribution is 2.13. The van der Waals surface area contributed by atoms with Crippen molar-refractivity contribution in [3.63, 3.8) is 0 Å². The molecule has 0 aromatic carbocycles. The van der Waals surface area contributed by atoms with E-state index in [9.17, 15) is 4.79 Å². The minimum atomic E-state index is 0.0249. The van der Waals surface area contributed by atoms with Gasteiger partial charge in [0.25, 0.3) is 0 Å². The molecule has 0 amide bonds. The fourth-order valence-electron chi connectivity index (χ4n) is 1.56. The molecule has 0 aliphatic carbocycles. The molecular weight excluding hydrogens is 180 g/mol. The van der Waals surface area contributed by atoms with Gasteiger partial charge in [-0.05, 0) is 19.3 Å². The normalized spacial score (nSPS) is 17.5. The number of carbonyl (C=O) groups is 1. The van der Waals surface area contributed by atoms with Crippen molar-refractivity contribution in [1.29, 1.82) is 0 Å². The number of rotatable bonds is 7. The Kier molecular flexibility index (Phi) is 5.80. The van der Waals surface area contributed by atoms with Crippen LogP contribution in [-0.4, -0.2) is 25.3 Å². The monoisotopic (exact) mass is 200 g/mol. The highest BCUT2D eigenvalue weighted by atomic mass is 16.7. The van der Waals surface area contributed by atoms with E-state index in [0.29, 0.717) is 12.2 Å². The molecule has 0 spiro atoms. The number of Topliss-reactive ketones (excluding diaryl/α,β-unsaturated/α-hetero) is 1. The molecular formula is C11H20O3. The lowest BCUT2D eigenvalue weighted by atomic mass is 10.1. The molecule has 3 heteroatoms. The molecule has 1 saturated heterocycles. The Morgan fingerprint density at radius 1 is 1.21 bits per heavy atom. The van der Waals surface area contributed by atoms with Crippen molar-refractivity contribution in [2.75, 3.05) is 13.2 Å². The summed E-state index contributed by atoms with van der Waals surface area (Å²) in [5, 5.41) is 0. The summed E-state index contributed by atoms with van der Waals surface area (Å²) in [7, 11) is 0. The molecule has 0 N–H and O–H groups in total. The van der Waals surface area contributed by atoms with Crippen LogP contribution >= 0.6 is 0 Å². The lowest BCUT2D eigenvalue weighted by molar-refractivity contribution is -0.118. The van der Waals surface area contributed by atoms with E-state index in [1.54, 1.807) is 0 Å². The molecule has 0 atom stereocenters. The minimum absolute atomic E-state index is 0.0249. The van der Waals surface area contributed by atoms with Crippen LogP contribution in [0.4, 0.5) is 0 Å². The predicted octanol–water partition coefficient (Wildman–Crippen LogP) is 2.29. The Morgan fingerprint density at radius 2 is 1.93 bits per heavy atom. The third-order valence-corrected chi connectivity index (χ3v) is 2.48. The van der Waals surface area contributed by atoms with Crippen LogP contribution < -0.4 is 0 Å². The van der Waals surface area contributed by atoms with Crippen LogP contribution in [0.3, 0.4) is 0 Å². The lowest BCUT2D eigenvalue weighted by Crippen LogP contribution is -2.06. The predicted molar refractivity (Wildman–Crippen MR) is 54.1 cm³/mol. The van der Waals surface area contributed by atoms with Gasteiger partial charge in [0, 0.05) is 12.8 Å². The van der Waals surface area contributed by atoms with E-state index in [0.717, 1.165) is 45.3 Å². The molecule has 1 fully saturated rings. The molecule has 0 unspecified atom stereocenters. The highest BCUT2D eigenvalue weighted by Gasteiger charge is 2.14. The summed E-state index contributed by atoms with van der Waals surface area (Å²) in [5.74, 6) is 0.373. The van der Waals surface area contributed by atoms with Gasteiger partial charge in [0.15, 0.2) is 6.29 Å². The van der Waals surface area contributed by atoms with Crippen LogP contribution in [0.5, 0.6) is 0 Å². The van der Waals surface area contributed by atoms with Gasteiger partial charge in [-0.1, -0.05) is 13.3 Å². The molecule has 0 aromatic heterocycles. The smallest absolute Gasteiger partial charge is 0.157 e. The van der Waals surface area contributed by atoms with Crippen LogP contribution in [-0.2, 0) is 14.3 Å². The first-order valence-electron chi connectivity index (χ1n) is 5.58. The maximum absolute atomic E-state index is 11.0. The van der Waals surface area contributed by atoms with Gasteiger partial charge >= 0.3 is 0 Å². The number of hydrogen-bond donors (Lipinski definition) is 0. The number of ether oxygens (including phenoxy) is 2. The molecule has 82 valence electrons. The van der Waals surface area contributed by atoms with Crippen molar-refractivity contribution in [1.82, 2.24) is 0 Å². The molecule has 0 radical (unpaired) electrons. The Labute approximate surface area is 85.8 Å². The molecule has 0 aromatic rings. The Hall–Kier alpha value is -0.410. The number of unbranched alkanes of at least 4 members (excludes halogenated alkanes) is 2. The molecule has 14 heavy (non-hydrogen) atoms. The zero-order valence-corrected chi connectivity index (χ0v) is 8.96. The summed E-state index contributed by atoms with van der Waals surface area (Å²) in [6, 6.07) is 0. The third-order valence-electron chi connectivity index (χ3n) is 2.48. The summed E-state index contributed by atoms with van der Waals surface area (Å²) < 4.78 is 10.6. The summed E-state index contributed by atoms with van der Waals surface area (Å²) >= 11 is 0. The van der Waals surface area contributed by atoms with Crippen molar-refractivity contribution >= 4 is 5.78 Å².